The zero-order valence-electron chi connectivity index (χ0n) is 43.6. The molecular weight excluding hydrogens is 907 g/mol. The number of fused-ring (bicyclic) bond motifs is 2. The zero-order valence-corrected chi connectivity index (χ0v) is 43.6. The number of amides is 2. The number of piperidine rings is 1. The molecule has 3 bridgehead atoms. The van der Waals surface area contributed by atoms with Crippen LogP contribution in [0, 0.1) is 41.9 Å². The lowest BCUT2D eigenvalue weighted by molar-refractivity contribution is -0.163. The lowest BCUT2D eigenvalue weighted by Gasteiger charge is -2.38. The summed E-state index contributed by atoms with van der Waals surface area (Å²) in [7, 11) is 3.54. The molecule has 2 amide bonds. The van der Waals surface area contributed by atoms with Crippen LogP contribution < -0.4 is 16.0 Å². The molecule has 9 atom stereocenters. The third-order valence-electron chi connectivity index (χ3n) is 15.0. The van der Waals surface area contributed by atoms with Gasteiger partial charge in [0.1, 0.15) is 23.9 Å². The van der Waals surface area contributed by atoms with E-state index in [4.69, 9.17) is 30.4 Å². The number of carbonyl (C=O) groups excluding carboxylic acids is 4. The zero-order chi connectivity index (χ0) is 52.0. The number of nitrogens with zero attached hydrogens (tertiary/aromatic N) is 4. The highest BCUT2D eigenvalue weighted by atomic mass is 16.7. The molecule has 1 aliphatic carbocycles. The van der Waals surface area contributed by atoms with Crippen molar-refractivity contribution < 1.29 is 48.3 Å². The maximum absolute atomic E-state index is 14.9. The molecule has 3 saturated heterocycles. The monoisotopic (exact) mass is 986 g/mol. The minimum absolute atomic E-state index is 0.0506. The Bertz CT molecular complexity index is 2260. The maximum Gasteiger partial charge on any atom is 0.383 e. The topological polar surface area (TPSA) is 204 Å². The highest BCUT2D eigenvalue weighted by Gasteiger charge is 2.58. The first-order valence-corrected chi connectivity index (χ1v) is 25.3. The lowest BCUT2D eigenvalue weighted by Crippen LogP contribution is -2.52. The van der Waals surface area contributed by atoms with Gasteiger partial charge in [-0.1, -0.05) is 66.3 Å². The predicted molar refractivity (Wildman–Crippen MR) is 271 cm³/mol. The Hall–Kier alpha value is -5.09. The van der Waals surface area contributed by atoms with Gasteiger partial charge in [-0.05, 0) is 62.6 Å². The number of rotatable bonds is 10. The molecule has 0 radical (unpaired) electrons. The Morgan fingerprint density at radius 3 is 2.38 bits per heavy atom. The third kappa shape index (κ3) is 12.8. The number of piperazine rings is 1. The van der Waals surface area contributed by atoms with Gasteiger partial charge in [-0.25, -0.2) is 0 Å². The molecule has 1 unspecified atom stereocenters. The van der Waals surface area contributed by atoms with Crippen LogP contribution in [0.15, 0.2) is 75.9 Å². The van der Waals surface area contributed by atoms with Crippen LogP contribution in [0.5, 0.6) is 0 Å². The Labute approximate surface area is 420 Å². The van der Waals surface area contributed by atoms with Gasteiger partial charge in [0.25, 0.3) is 5.78 Å². The van der Waals surface area contributed by atoms with Crippen LogP contribution in [0.25, 0.3) is 0 Å². The molecule has 71 heavy (non-hydrogen) atoms. The Kier molecular flexibility index (Phi) is 18.0. The number of methoxy groups -OCH3 is 1. The molecule has 390 valence electrons. The molecule has 0 aromatic rings. The molecule has 0 aromatic carbocycles. The van der Waals surface area contributed by atoms with Crippen LogP contribution in [-0.4, -0.2) is 163 Å². The number of likely N-dealkylation sites (N-methyl/N-ethyl adjacent to an activating group) is 1. The Balaban J connectivity index is 1.33. The van der Waals surface area contributed by atoms with Crippen LogP contribution in [0.1, 0.15) is 87.5 Å². The van der Waals surface area contributed by atoms with Crippen molar-refractivity contribution in [3.63, 3.8) is 0 Å². The van der Waals surface area contributed by atoms with Gasteiger partial charge in [0, 0.05) is 108 Å². The van der Waals surface area contributed by atoms with Crippen LogP contribution in [0.3, 0.4) is 0 Å². The second-order valence-corrected chi connectivity index (χ2v) is 21.2. The van der Waals surface area contributed by atoms with Gasteiger partial charge in [0.05, 0.1) is 35.5 Å². The van der Waals surface area contributed by atoms with Gasteiger partial charge in [-0.15, -0.1) is 6.42 Å². The first-order valence-electron chi connectivity index (χ1n) is 25.3. The molecule has 1 spiro atoms. The molecule has 6 rings (SSSR count). The fourth-order valence-corrected chi connectivity index (χ4v) is 10.7. The van der Waals surface area contributed by atoms with Crippen molar-refractivity contribution in [2.24, 2.45) is 34.6 Å². The number of likely N-dealkylation sites (tertiary alicyclic amines) is 1. The number of carbonyl (C=O) groups is 4. The van der Waals surface area contributed by atoms with Crippen molar-refractivity contribution in [2.45, 2.75) is 123 Å². The van der Waals surface area contributed by atoms with Gasteiger partial charge in [-0.3, -0.25) is 29.1 Å². The second kappa shape index (κ2) is 23.2. The van der Waals surface area contributed by atoms with Crippen LogP contribution in [0.2, 0.25) is 0 Å². The van der Waals surface area contributed by atoms with Gasteiger partial charge < -0.3 is 54.9 Å². The van der Waals surface area contributed by atoms with Gasteiger partial charge in [-0.2, -0.15) is 0 Å². The molecule has 6 aliphatic rings. The van der Waals surface area contributed by atoms with E-state index < -0.39 is 77.3 Å². The fraction of sp³-hybridized carbons (Fsp3) is 0.648. The summed E-state index contributed by atoms with van der Waals surface area (Å²) >= 11 is 0. The van der Waals surface area contributed by atoms with E-state index in [0.29, 0.717) is 55.3 Å². The molecule has 5 N–H and O–H groups in total. The number of nitrogens with one attached hydrogen (secondary N) is 3. The largest absolute Gasteiger partial charge is 0.461 e. The standard InChI is InChI=1S/C54H79N7O10/c1-13-54-50(65)45-41(46-40(10)56-52(57-46)18-21-61(22-19-52)32-33(2)3)31-53(67,39(9)49(45)71-54)58-51(66)35(5)16-14-15-34(4)29-36(6)47(64)38(8)48(37(7)42(68-12)17-28-69-54)70-44(63)30-43(62)55-20-23-60-26-24-59(11)25-27-60/h1,14-17,28,33-34,36-38,42,47-48,56,64,67H,10,18-27,29-32H2,2-9,11-12H3,(H,55,62)(H,58,66)/b15-14+,28-17+,35-16-/t34-,36+,37+,38+,42-,47+,48+,53?,54-/m0/s1. The number of aliphatic imine (C=N–C) groups is 1. The van der Waals surface area contributed by atoms with E-state index in [-0.39, 0.29) is 40.7 Å². The summed E-state index contributed by atoms with van der Waals surface area (Å²) in [6, 6.07) is 0. The van der Waals surface area contributed by atoms with Crippen molar-refractivity contribution in [3.8, 4) is 12.3 Å². The number of ether oxygens (including phenoxy) is 4. The lowest BCUT2D eigenvalue weighted by atomic mass is 9.79. The number of aliphatic hydroxyl groups is 2. The van der Waals surface area contributed by atoms with E-state index in [1.54, 1.807) is 39.8 Å². The summed E-state index contributed by atoms with van der Waals surface area (Å²) in [6.07, 6.45) is 12.5. The van der Waals surface area contributed by atoms with Crippen molar-refractivity contribution in [1.82, 2.24) is 30.7 Å². The number of esters is 1. The summed E-state index contributed by atoms with van der Waals surface area (Å²) in [6.45, 7) is 26.7. The SMILES string of the molecule is C#C[C@@]12O/C=C/[C@H](OC)[C@@H](C)[C@@H](OC(=O)CC(=O)NCCN3CCN(C)CC3)[C@H](C)[C@H](O)[C@H](C)C[C@@H](C)/C=C/C=C(/C)C(=O)NC3(O)CC(C4=NC5(CCN(CC(C)C)CC5)NC4=C)=C(C1=O)C(=C3C)O2. The van der Waals surface area contributed by atoms with E-state index in [2.05, 4.69) is 64.0 Å². The van der Waals surface area contributed by atoms with E-state index in [9.17, 15) is 29.4 Å². The number of ketones is 1. The molecule has 5 aliphatic heterocycles. The quantitative estimate of drug-likeness (QED) is 0.120. The smallest absolute Gasteiger partial charge is 0.383 e. The van der Waals surface area contributed by atoms with Gasteiger partial charge in [0.2, 0.25) is 11.8 Å². The highest BCUT2D eigenvalue weighted by Crippen LogP contribution is 2.48. The van der Waals surface area contributed by atoms with Crippen molar-refractivity contribution in [3.05, 3.63) is 70.9 Å². The Morgan fingerprint density at radius 2 is 1.73 bits per heavy atom. The third-order valence-corrected chi connectivity index (χ3v) is 15.0. The van der Waals surface area contributed by atoms with Crippen LogP contribution in [-0.2, 0) is 38.1 Å². The summed E-state index contributed by atoms with van der Waals surface area (Å²) < 4.78 is 24.6. The molecule has 0 saturated carbocycles. The first-order chi connectivity index (χ1) is 33.5. The Morgan fingerprint density at radius 1 is 1.04 bits per heavy atom. The normalized spacial score (nSPS) is 34.2. The van der Waals surface area contributed by atoms with Crippen LogP contribution in [0.4, 0.5) is 0 Å². The molecular formula is C54H79N7O10. The van der Waals surface area contributed by atoms with E-state index in [1.165, 1.54) is 19.4 Å². The summed E-state index contributed by atoms with van der Waals surface area (Å²) in [5.74, 6) is -3.65. The van der Waals surface area contributed by atoms with Crippen molar-refractivity contribution >= 4 is 29.3 Å². The van der Waals surface area contributed by atoms with Gasteiger partial charge in [0.15, 0.2) is 5.72 Å². The summed E-state index contributed by atoms with van der Waals surface area (Å²) in [5, 5.41) is 33.6. The van der Waals surface area contributed by atoms with E-state index in [1.807, 2.05) is 19.9 Å². The van der Waals surface area contributed by atoms with E-state index in [0.717, 1.165) is 45.8 Å². The molecule has 17 nitrogen and oxygen atoms in total. The van der Waals surface area contributed by atoms with Gasteiger partial charge >= 0.3 is 11.8 Å². The number of hydrogen-bond donors (Lipinski definition) is 5. The molecule has 17 heteroatoms. The average molecular weight is 986 g/mol. The minimum Gasteiger partial charge on any atom is -0.461 e. The summed E-state index contributed by atoms with van der Waals surface area (Å²) in [5.41, 5.74) is -1.17. The predicted octanol–water partition coefficient (Wildman–Crippen LogP) is 3.72. The fourth-order valence-electron chi connectivity index (χ4n) is 10.7. The average Bonchev–Trinajstić information content (AvgIpc) is 3.80. The van der Waals surface area contributed by atoms with Crippen molar-refractivity contribution in [1.29, 1.82) is 0 Å². The number of terminal acetylenes is 1. The number of allylic oxidation sites excluding steroid dienone is 5. The van der Waals surface area contributed by atoms with Crippen LogP contribution >= 0.6 is 0 Å². The first kappa shape index (κ1) is 55.2. The number of hydrogen-bond acceptors (Lipinski definition) is 15. The maximum atomic E-state index is 14.9. The van der Waals surface area contributed by atoms with Crippen molar-refractivity contribution in [2.75, 3.05) is 73.1 Å². The number of aliphatic hydroxyl groups excluding tert-OH is 1. The second-order valence-electron chi connectivity index (χ2n) is 21.2. The van der Waals surface area contributed by atoms with E-state index >= 15 is 0 Å². The highest BCUT2D eigenvalue weighted by molar-refractivity contribution is 6.21. The molecule has 5 heterocycles. The molecule has 3 fully saturated rings. The summed E-state index contributed by atoms with van der Waals surface area (Å²) in [4.78, 5) is 67.7. The molecule has 0 aromatic heterocycles. The number of Topliss-reactive ketones (excluding diaryl/α,β-unsaturated/α-hetero) is 1. The minimum atomic E-state index is -2.37.